The number of aromatic nitrogens is 2. The molecule has 0 fully saturated rings. The van der Waals surface area contributed by atoms with Crippen LogP contribution in [0.3, 0.4) is 0 Å². The Labute approximate surface area is 200 Å². The Morgan fingerprint density at radius 3 is 2.85 bits per heavy atom. The van der Waals surface area contributed by atoms with Crippen LogP contribution in [0.1, 0.15) is 42.8 Å². The van der Waals surface area contributed by atoms with Gasteiger partial charge in [0.2, 0.25) is 0 Å². The number of nitrogens with one attached hydrogen (secondary N) is 3. The monoisotopic (exact) mass is 487 g/mol. The first-order valence-electron chi connectivity index (χ1n) is 11.1. The Kier molecular flexibility index (Phi) is 7.09. The second-order valence-electron chi connectivity index (χ2n) is 8.70. The van der Waals surface area contributed by atoms with E-state index in [-0.39, 0.29) is 12.0 Å². The van der Waals surface area contributed by atoms with E-state index >= 15 is 0 Å². The fraction of sp³-hybridized carbons (Fsp3) is 0.375. The normalized spacial score (nSPS) is 22.2. The highest BCUT2D eigenvalue weighted by molar-refractivity contribution is 7.90. The van der Waals surface area contributed by atoms with Crippen LogP contribution in [0, 0.1) is 10.7 Å². The van der Waals surface area contributed by atoms with Gasteiger partial charge in [-0.3, -0.25) is 0 Å². The van der Waals surface area contributed by atoms with Gasteiger partial charge in [0.1, 0.15) is 15.1 Å². The largest absolute Gasteiger partial charge is 0.368 e. The van der Waals surface area contributed by atoms with Crippen LogP contribution >= 0.6 is 11.6 Å². The van der Waals surface area contributed by atoms with Gasteiger partial charge in [0.15, 0.2) is 6.23 Å². The number of hydrogen-bond acceptors (Lipinski definition) is 5. The number of pyridine rings is 1. The van der Waals surface area contributed by atoms with Crippen molar-refractivity contribution in [3.05, 3.63) is 76.8 Å². The third-order valence-electron chi connectivity index (χ3n) is 6.34. The molecule has 0 bridgehead atoms. The molecule has 0 saturated heterocycles. The molecule has 0 saturated carbocycles. The van der Waals surface area contributed by atoms with E-state index in [0.717, 1.165) is 24.8 Å². The summed E-state index contributed by atoms with van der Waals surface area (Å²) in [5, 5.41) is 14.3. The van der Waals surface area contributed by atoms with E-state index in [1.54, 1.807) is 36.1 Å². The summed E-state index contributed by atoms with van der Waals surface area (Å²) in [6.45, 7) is 2.15. The maximum absolute atomic E-state index is 13.4. The first-order chi connectivity index (χ1) is 15.7. The van der Waals surface area contributed by atoms with Crippen molar-refractivity contribution >= 4 is 27.2 Å². The van der Waals surface area contributed by atoms with Gasteiger partial charge in [0.25, 0.3) is 0 Å². The number of nitrogens with zero attached hydrogens (tertiary/aromatic N) is 2. The lowest BCUT2D eigenvalue weighted by Gasteiger charge is -2.24. The summed E-state index contributed by atoms with van der Waals surface area (Å²) < 4.78 is 27.0. The van der Waals surface area contributed by atoms with E-state index in [0.29, 0.717) is 27.9 Å². The maximum Gasteiger partial charge on any atom is 0.166 e. The van der Waals surface area contributed by atoms with Crippen molar-refractivity contribution in [3.63, 3.8) is 0 Å². The molecular weight excluding hydrogens is 458 g/mol. The summed E-state index contributed by atoms with van der Waals surface area (Å²) in [6, 6.07) is 13.6. The molecule has 0 radical (unpaired) electrons. The van der Waals surface area contributed by atoms with Gasteiger partial charge >= 0.3 is 0 Å². The molecule has 0 aliphatic carbocycles. The molecule has 1 aliphatic rings. The van der Waals surface area contributed by atoms with Crippen LogP contribution in [-0.4, -0.2) is 24.9 Å². The molecule has 7 nitrogen and oxygen atoms in total. The molecule has 2 unspecified atom stereocenters. The topological polar surface area (TPSA) is 103 Å². The SMILES string of the molecule is C[C@@H](CCc1ccccc1)[C@H]1CCc2c(cn(C)c2C(O)Nc2ccnc(Cl)c2)S(=N)(=O)N1. The fourth-order valence-corrected chi connectivity index (χ4v) is 6.45. The second-order valence-corrected chi connectivity index (χ2v) is 10.9. The highest BCUT2D eigenvalue weighted by atomic mass is 35.5. The summed E-state index contributed by atoms with van der Waals surface area (Å²) in [4.78, 5) is 4.41. The van der Waals surface area contributed by atoms with Crippen molar-refractivity contribution in [1.82, 2.24) is 14.3 Å². The van der Waals surface area contributed by atoms with Crippen LogP contribution in [0.2, 0.25) is 5.15 Å². The van der Waals surface area contributed by atoms with Gasteiger partial charge in [-0.2, -0.15) is 0 Å². The molecule has 3 heterocycles. The van der Waals surface area contributed by atoms with Crippen molar-refractivity contribution in [2.75, 3.05) is 5.32 Å². The minimum absolute atomic E-state index is 0.0478. The summed E-state index contributed by atoms with van der Waals surface area (Å²) in [6.07, 6.45) is 5.47. The Hall–Kier alpha value is -2.39. The summed E-state index contributed by atoms with van der Waals surface area (Å²) in [5.74, 6) is 0.250. The number of benzene rings is 1. The van der Waals surface area contributed by atoms with Crippen molar-refractivity contribution < 1.29 is 9.32 Å². The van der Waals surface area contributed by atoms with E-state index in [1.165, 1.54) is 5.56 Å². The molecule has 9 heteroatoms. The van der Waals surface area contributed by atoms with Crippen LogP contribution < -0.4 is 10.0 Å². The van der Waals surface area contributed by atoms with Crippen molar-refractivity contribution in [2.24, 2.45) is 13.0 Å². The zero-order valence-corrected chi connectivity index (χ0v) is 20.4. The number of halogens is 1. The fourth-order valence-electron chi connectivity index (χ4n) is 4.51. The highest BCUT2D eigenvalue weighted by Gasteiger charge is 2.32. The van der Waals surface area contributed by atoms with E-state index < -0.39 is 16.1 Å². The van der Waals surface area contributed by atoms with Crippen LogP contribution in [0.4, 0.5) is 5.69 Å². The molecule has 176 valence electrons. The quantitative estimate of drug-likeness (QED) is 0.287. The number of fused-ring (bicyclic) bond motifs is 1. The average molecular weight is 488 g/mol. The number of hydrogen-bond donors (Lipinski definition) is 4. The minimum atomic E-state index is -3.21. The summed E-state index contributed by atoms with van der Waals surface area (Å²) in [7, 11) is -1.42. The summed E-state index contributed by atoms with van der Waals surface area (Å²) >= 11 is 5.96. The number of aliphatic hydroxyl groups excluding tert-OH is 1. The van der Waals surface area contributed by atoms with Gasteiger partial charge in [0, 0.05) is 31.2 Å². The first-order valence-corrected chi connectivity index (χ1v) is 13.0. The Balaban J connectivity index is 1.53. The Morgan fingerprint density at radius 1 is 1.36 bits per heavy atom. The molecule has 0 amide bonds. The van der Waals surface area contributed by atoms with Gasteiger partial charge in [-0.1, -0.05) is 48.9 Å². The Morgan fingerprint density at radius 2 is 2.12 bits per heavy atom. The van der Waals surface area contributed by atoms with Gasteiger partial charge in [-0.15, -0.1) is 0 Å². The third kappa shape index (κ3) is 5.41. The Bertz CT molecular complexity index is 1210. The molecule has 3 aromatic rings. The van der Waals surface area contributed by atoms with Crippen LogP contribution in [-0.2, 0) is 29.8 Å². The lowest BCUT2D eigenvalue weighted by molar-refractivity contribution is 0.198. The number of rotatable bonds is 7. The summed E-state index contributed by atoms with van der Waals surface area (Å²) in [5.41, 5.74) is 3.28. The van der Waals surface area contributed by atoms with E-state index in [9.17, 15) is 9.32 Å². The predicted molar refractivity (Wildman–Crippen MR) is 132 cm³/mol. The molecule has 1 aliphatic heterocycles. The molecule has 4 N–H and O–H groups in total. The van der Waals surface area contributed by atoms with Crippen molar-refractivity contribution in [1.29, 1.82) is 4.78 Å². The molecule has 33 heavy (non-hydrogen) atoms. The van der Waals surface area contributed by atoms with E-state index in [4.69, 9.17) is 16.4 Å². The minimum Gasteiger partial charge on any atom is -0.368 e. The zero-order valence-electron chi connectivity index (χ0n) is 18.8. The lowest BCUT2D eigenvalue weighted by Crippen LogP contribution is -2.37. The average Bonchev–Trinajstić information content (AvgIpc) is 3.06. The highest BCUT2D eigenvalue weighted by Crippen LogP contribution is 2.33. The molecule has 1 aromatic carbocycles. The van der Waals surface area contributed by atoms with Gasteiger partial charge in [-0.25, -0.2) is 18.7 Å². The molecular formula is C24H30ClN5O2S. The molecule has 4 rings (SSSR count). The van der Waals surface area contributed by atoms with Crippen LogP contribution in [0.5, 0.6) is 0 Å². The van der Waals surface area contributed by atoms with E-state index in [1.807, 2.05) is 18.2 Å². The molecule has 2 aromatic heterocycles. The standard InChI is InChI=1S/C24H30ClN5O2S/c1-16(8-9-17-6-4-3-5-7-17)20-11-10-19-21(33(26,32)29-20)15-30(2)23(19)24(31)28-18-12-13-27-22(25)14-18/h3-7,12-16,20,24,31H,8-11H2,1-2H3,(H,27,28)(H2,26,29,32)/t16-,20+,24?,33?/m0/s1. The van der Waals surface area contributed by atoms with Crippen molar-refractivity contribution in [2.45, 2.75) is 49.8 Å². The molecule has 0 spiro atoms. The lowest BCUT2D eigenvalue weighted by atomic mass is 9.91. The molecule has 4 atom stereocenters. The van der Waals surface area contributed by atoms with Crippen molar-refractivity contribution in [3.8, 4) is 0 Å². The van der Waals surface area contributed by atoms with E-state index in [2.05, 4.69) is 34.1 Å². The predicted octanol–water partition coefficient (Wildman–Crippen LogP) is 4.67. The zero-order chi connectivity index (χ0) is 23.6. The van der Waals surface area contributed by atoms with Gasteiger partial charge in [0.05, 0.1) is 10.6 Å². The number of anilines is 1. The third-order valence-corrected chi connectivity index (χ3v) is 8.15. The van der Waals surface area contributed by atoms with Crippen LogP contribution in [0.25, 0.3) is 0 Å². The second kappa shape index (κ2) is 9.85. The van der Waals surface area contributed by atoms with Gasteiger partial charge in [-0.05, 0) is 54.9 Å². The maximum atomic E-state index is 13.4. The van der Waals surface area contributed by atoms with Gasteiger partial charge < -0.3 is 15.0 Å². The number of aliphatic hydroxyl groups is 1. The van der Waals surface area contributed by atoms with Crippen LogP contribution in [0.15, 0.2) is 59.8 Å². The number of aryl methyl sites for hydroxylation is 2. The smallest absolute Gasteiger partial charge is 0.166 e. The first kappa shape index (κ1) is 23.8.